The van der Waals surface area contributed by atoms with Crippen LogP contribution in [0.25, 0.3) is 6.08 Å². The van der Waals surface area contributed by atoms with Gasteiger partial charge in [-0.05, 0) is 50.0 Å². The van der Waals surface area contributed by atoms with Crippen molar-refractivity contribution in [2.24, 2.45) is 0 Å². The van der Waals surface area contributed by atoms with Crippen molar-refractivity contribution < 1.29 is 31.3 Å². The average molecular weight is 646 g/mol. The molecule has 3 heterocycles. The molecular weight excluding hydrogens is 618 g/mol. The summed E-state index contributed by atoms with van der Waals surface area (Å²) in [7, 11) is -8.01. The molecule has 4 rings (SSSR count). The van der Waals surface area contributed by atoms with Gasteiger partial charge in [0.05, 0.1) is 20.7 Å². The average Bonchev–Trinajstić information content (AvgIpc) is 3.57. The van der Waals surface area contributed by atoms with Gasteiger partial charge >= 0.3 is 0 Å². The molecule has 0 radical (unpaired) electrons. The Labute approximate surface area is 246 Å². The summed E-state index contributed by atoms with van der Waals surface area (Å²) in [6.07, 6.45) is 3.32. The molecule has 0 bridgehead atoms. The minimum atomic E-state index is -4.07. The molecule has 2 N–H and O–H groups in total. The number of carbonyl (C=O) groups excluding carboxylic acids is 2. The molecule has 222 valence electrons. The normalized spacial score (nSPS) is 20.2. The SMILES string of the molecule is O=C1[C@@H](NS(=O)(=O)/C=C/c2ccc(Cl)s2)CCCN1CC(=O)N1CCC[C@H]1CNS(=O)(=O)c1cccc([N+](=O)[O-])c1. The molecule has 0 spiro atoms. The Balaban J connectivity index is 1.34. The predicted octanol–water partition coefficient (Wildman–Crippen LogP) is 2.16. The van der Waals surface area contributed by atoms with Crippen molar-refractivity contribution in [2.75, 3.05) is 26.2 Å². The van der Waals surface area contributed by atoms with Gasteiger partial charge in [0.15, 0.2) is 0 Å². The van der Waals surface area contributed by atoms with E-state index in [4.69, 9.17) is 11.6 Å². The van der Waals surface area contributed by atoms with E-state index in [2.05, 4.69) is 9.44 Å². The predicted molar refractivity (Wildman–Crippen MR) is 153 cm³/mol. The highest BCUT2D eigenvalue weighted by atomic mass is 35.5. The van der Waals surface area contributed by atoms with Crippen LogP contribution in [-0.4, -0.2) is 81.6 Å². The topological polar surface area (TPSA) is 176 Å². The molecule has 41 heavy (non-hydrogen) atoms. The summed E-state index contributed by atoms with van der Waals surface area (Å²) < 4.78 is 55.9. The third-order valence-electron chi connectivity index (χ3n) is 6.71. The minimum absolute atomic E-state index is 0.102. The highest BCUT2D eigenvalue weighted by Gasteiger charge is 2.35. The molecule has 17 heteroatoms. The van der Waals surface area contributed by atoms with Crippen LogP contribution in [0.15, 0.2) is 46.7 Å². The fourth-order valence-electron chi connectivity index (χ4n) is 4.70. The number of nitro benzene ring substituents is 1. The summed E-state index contributed by atoms with van der Waals surface area (Å²) in [5, 5.41) is 12.0. The molecule has 2 atom stereocenters. The van der Waals surface area contributed by atoms with E-state index < -0.39 is 43.0 Å². The molecule has 0 aliphatic carbocycles. The molecule has 2 fully saturated rings. The maximum atomic E-state index is 13.2. The van der Waals surface area contributed by atoms with Gasteiger partial charge in [-0.2, -0.15) is 4.72 Å². The molecular formula is C24H28ClN5O8S3. The number of nitrogens with zero attached hydrogens (tertiary/aromatic N) is 3. The zero-order valence-electron chi connectivity index (χ0n) is 21.6. The van der Waals surface area contributed by atoms with Crippen LogP contribution in [0, 0.1) is 10.1 Å². The van der Waals surface area contributed by atoms with Gasteiger partial charge in [0, 0.05) is 48.1 Å². The number of rotatable bonds is 11. The van der Waals surface area contributed by atoms with Crippen molar-refractivity contribution in [1.29, 1.82) is 0 Å². The number of thiophene rings is 1. The first-order valence-corrected chi connectivity index (χ1v) is 16.9. The number of sulfonamides is 2. The van der Waals surface area contributed by atoms with E-state index in [1.807, 2.05) is 0 Å². The number of hydrogen-bond acceptors (Lipinski definition) is 9. The Bertz CT molecular complexity index is 1560. The van der Waals surface area contributed by atoms with E-state index in [9.17, 15) is 36.5 Å². The van der Waals surface area contributed by atoms with E-state index in [1.54, 1.807) is 12.1 Å². The van der Waals surface area contributed by atoms with Crippen LogP contribution in [0.1, 0.15) is 30.6 Å². The summed E-state index contributed by atoms with van der Waals surface area (Å²) >= 11 is 7.07. The summed E-state index contributed by atoms with van der Waals surface area (Å²) in [6.45, 7) is 0.283. The fraction of sp³-hybridized carbons (Fsp3) is 0.417. The standard InChI is InChI=1S/C24H28ClN5O8S3/c25-22-9-8-19(39-22)10-13-40(35,36)27-21-7-3-11-28(24(21)32)16-23(31)29-12-2-5-18(29)15-26-41(37,38)20-6-1-4-17(14-20)30(33)34/h1,4,6,8-10,13-14,18,21,26-27H,2-3,5,7,11-12,15-16H2/b13-10+/t18-,21-/m0/s1. The quantitative estimate of drug-likeness (QED) is 0.276. The van der Waals surface area contributed by atoms with Gasteiger partial charge in [0.25, 0.3) is 5.69 Å². The van der Waals surface area contributed by atoms with Crippen LogP contribution >= 0.6 is 22.9 Å². The largest absolute Gasteiger partial charge is 0.337 e. The number of hydrogen-bond donors (Lipinski definition) is 2. The van der Waals surface area contributed by atoms with Crippen molar-refractivity contribution in [3.63, 3.8) is 0 Å². The minimum Gasteiger partial charge on any atom is -0.337 e. The third kappa shape index (κ3) is 8.11. The molecule has 2 aliphatic rings. The Kier molecular flexibility index (Phi) is 9.81. The Morgan fingerprint density at radius 2 is 1.90 bits per heavy atom. The lowest BCUT2D eigenvalue weighted by atomic mass is 10.1. The fourth-order valence-corrected chi connectivity index (χ4v) is 7.88. The van der Waals surface area contributed by atoms with E-state index in [0.29, 0.717) is 35.0 Å². The van der Waals surface area contributed by atoms with Gasteiger partial charge in [-0.25, -0.2) is 21.6 Å². The lowest BCUT2D eigenvalue weighted by Gasteiger charge is -2.34. The highest BCUT2D eigenvalue weighted by molar-refractivity contribution is 7.92. The van der Waals surface area contributed by atoms with Crippen LogP contribution in [0.2, 0.25) is 4.34 Å². The number of benzene rings is 1. The first-order valence-electron chi connectivity index (χ1n) is 12.6. The third-order valence-corrected chi connectivity index (χ3v) is 10.4. The zero-order chi connectivity index (χ0) is 29.8. The van der Waals surface area contributed by atoms with E-state index >= 15 is 0 Å². The second-order valence-corrected chi connectivity index (χ2v) is 14.7. The summed E-state index contributed by atoms with van der Waals surface area (Å²) in [5.74, 6) is -0.892. The van der Waals surface area contributed by atoms with Gasteiger partial charge in [-0.3, -0.25) is 19.7 Å². The van der Waals surface area contributed by atoms with Gasteiger partial charge in [0.1, 0.15) is 6.04 Å². The number of likely N-dealkylation sites (tertiary alicyclic amines) is 2. The van der Waals surface area contributed by atoms with Crippen molar-refractivity contribution in [1.82, 2.24) is 19.2 Å². The number of carbonyl (C=O) groups is 2. The highest BCUT2D eigenvalue weighted by Crippen LogP contribution is 2.23. The van der Waals surface area contributed by atoms with Gasteiger partial charge in [-0.1, -0.05) is 17.7 Å². The monoisotopic (exact) mass is 645 g/mol. The number of nitro groups is 1. The van der Waals surface area contributed by atoms with Gasteiger partial charge < -0.3 is 9.80 Å². The van der Waals surface area contributed by atoms with E-state index in [1.165, 1.54) is 45.4 Å². The number of nitrogens with one attached hydrogen (secondary N) is 2. The Hall–Kier alpha value is -2.89. The Morgan fingerprint density at radius 1 is 1.15 bits per heavy atom. The molecule has 1 aromatic heterocycles. The number of piperidine rings is 1. The van der Waals surface area contributed by atoms with Crippen LogP contribution < -0.4 is 9.44 Å². The van der Waals surface area contributed by atoms with Crippen LogP contribution in [0.3, 0.4) is 0 Å². The maximum Gasteiger partial charge on any atom is 0.270 e. The Morgan fingerprint density at radius 3 is 2.61 bits per heavy atom. The van der Waals surface area contributed by atoms with Crippen molar-refractivity contribution >= 4 is 66.6 Å². The van der Waals surface area contributed by atoms with Crippen molar-refractivity contribution in [3.05, 3.63) is 61.1 Å². The van der Waals surface area contributed by atoms with Crippen molar-refractivity contribution in [2.45, 2.75) is 42.7 Å². The van der Waals surface area contributed by atoms with Crippen LogP contribution in [-0.2, 0) is 29.6 Å². The molecule has 2 aromatic rings. The second-order valence-electron chi connectivity index (χ2n) is 9.55. The summed E-state index contributed by atoms with van der Waals surface area (Å²) in [6, 6.07) is 6.48. The molecule has 1 aromatic carbocycles. The molecule has 2 saturated heterocycles. The molecule has 0 saturated carbocycles. The van der Waals surface area contributed by atoms with Crippen LogP contribution in [0.5, 0.6) is 0 Å². The second kappa shape index (κ2) is 13.0. The number of halogens is 1. The van der Waals surface area contributed by atoms with Crippen molar-refractivity contribution in [3.8, 4) is 0 Å². The first kappa shape index (κ1) is 31.1. The first-order chi connectivity index (χ1) is 19.3. The lowest BCUT2D eigenvalue weighted by Crippen LogP contribution is -2.55. The molecule has 0 unspecified atom stereocenters. The zero-order valence-corrected chi connectivity index (χ0v) is 24.8. The smallest absolute Gasteiger partial charge is 0.270 e. The molecule has 2 amide bonds. The molecule has 13 nitrogen and oxygen atoms in total. The summed E-state index contributed by atoms with van der Waals surface area (Å²) in [4.78, 5) is 39.7. The molecule has 2 aliphatic heterocycles. The van der Waals surface area contributed by atoms with E-state index in [0.717, 1.165) is 11.5 Å². The maximum absolute atomic E-state index is 13.2. The lowest BCUT2D eigenvalue weighted by molar-refractivity contribution is -0.385. The number of non-ortho nitro benzene ring substituents is 1. The van der Waals surface area contributed by atoms with Gasteiger partial charge in [-0.15, -0.1) is 11.3 Å². The number of amides is 2. The van der Waals surface area contributed by atoms with E-state index in [-0.39, 0.29) is 42.5 Å². The summed E-state index contributed by atoms with van der Waals surface area (Å²) in [5.41, 5.74) is -0.360. The van der Waals surface area contributed by atoms with Crippen LogP contribution in [0.4, 0.5) is 5.69 Å². The van der Waals surface area contributed by atoms with Gasteiger partial charge in [0.2, 0.25) is 31.9 Å².